The Morgan fingerprint density at radius 3 is 3.07 bits per heavy atom. The van der Waals surface area contributed by atoms with Crippen molar-refractivity contribution in [1.82, 2.24) is 4.98 Å². The first-order valence-corrected chi connectivity index (χ1v) is 4.73. The van der Waals surface area contributed by atoms with E-state index in [0.29, 0.717) is 15.9 Å². The summed E-state index contributed by atoms with van der Waals surface area (Å²) >= 11 is 3.17. The van der Waals surface area contributed by atoms with Crippen LogP contribution in [0, 0.1) is 5.82 Å². The molecule has 0 unspecified atom stereocenters. The quantitative estimate of drug-likeness (QED) is 0.832. The van der Waals surface area contributed by atoms with Crippen LogP contribution in [0.2, 0.25) is 0 Å². The van der Waals surface area contributed by atoms with Crippen molar-refractivity contribution in [2.45, 2.75) is 6.61 Å². The van der Waals surface area contributed by atoms with Crippen LogP contribution in [-0.2, 0) is 11.3 Å². The molecule has 74 valence electrons. The lowest BCUT2D eigenvalue weighted by Crippen LogP contribution is -1.86. The Kier molecular flexibility index (Phi) is 2.52. The largest absolute Gasteiger partial charge is 0.438 e. The lowest BCUT2D eigenvalue weighted by molar-refractivity contribution is 0.161. The van der Waals surface area contributed by atoms with Crippen LogP contribution in [0.4, 0.5) is 4.39 Å². The molecule has 0 saturated heterocycles. The second-order valence-corrected chi connectivity index (χ2v) is 3.69. The fraction of sp³-hybridized carbons (Fsp3) is 0.222. The number of benzene rings is 1. The third-order valence-electron chi connectivity index (χ3n) is 1.73. The van der Waals surface area contributed by atoms with Crippen molar-refractivity contribution in [3.8, 4) is 0 Å². The number of aromatic nitrogens is 1. The van der Waals surface area contributed by atoms with Crippen molar-refractivity contribution in [3.63, 3.8) is 0 Å². The predicted octanol–water partition coefficient (Wildman–Crippen LogP) is 2.88. The number of rotatable bonds is 2. The first-order valence-electron chi connectivity index (χ1n) is 3.94. The highest BCUT2D eigenvalue weighted by Crippen LogP contribution is 2.23. The maximum Gasteiger partial charge on any atom is 0.221 e. The van der Waals surface area contributed by atoms with E-state index in [1.165, 1.54) is 13.2 Å². The van der Waals surface area contributed by atoms with Crippen LogP contribution in [-0.4, -0.2) is 12.1 Å². The van der Waals surface area contributed by atoms with Crippen molar-refractivity contribution in [2.24, 2.45) is 0 Å². The van der Waals surface area contributed by atoms with Crippen LogP contribution < -0.4 is 0 Å². The first kappa shape index (κ1) is 9.61. The lowest BCUT2D eigenvalue weighted by Gasteiger charge is -1.90. The Balaban J connectivity index is 2.58. The van der Waals surface area contributed by atoms with Crippen LogP contribution in [0.3, 0.4) is 0 Å². The monoisotopic (exact) mass is 259 g/mol. The molecular weight excluding hydrogens is 253 g/mol. The van der Waals surface area contributed by atoms with Gasteiger partial charge < -0.3 is 9.15 Å². The topological polar surface area (TPSA) is 35.3 Å². The third-order valence-corrected chi connectivity index (χ3v) is 2.18. The maximum atomic E-state index is 13.3. The molecule has 0 bridgehead atoms. The van der Waals surface area contributed by atoms with Crippen molar-refractivity contribution < 1.29 is 13.5 Å². The molecule has 1 heterocycles. The van der Waals surface area contributed by atoms with Gasteiger partial charge in [0.2, 0.25) is 5.89 Å². The van der Waals surface area contributed by atoms with Gasteiger partial charge in [-0.25, -0.2) is 9.37 Å². The molecule has 2 aromatic rings. The average Bonchev–Trinajstić information content (AvgIpc) is 2.48. The molecule has 3 nitrogen and oxygen atoms in total. The Morgan fingerprint density at radius 2 is 2.36 bits per heavy atom. The van der Waals surface area contributed by atoms with Gasteiger partial charge in [-0.3, -0.25) is 0 Å². The van der Waals surface area contributed by atoms with Crippen LogP contribution in [0.15, 0.2) is 21.0 Å². The molecule has 0 aliphatic carbocycles. The molecular formula is C9H7BrFNO2. The minimum Gasteiger partial charge on any atom is -0.438 e. The summed E-state index contributed by atoms with van der Waals surface area (Å²) in [5.41, 5.74) is 0.657. The normalized spacial score (nSPS) is 11.1. The summed E-state index contributed by atoms with van der Waals surface area (Å²) in [5.74, 6) is -0.0278. The smallest absolute Gasteiger partial charge is 0.221 e. The number of nitrogens with zero attached hydrogens (tertiary/aromatic N) is 1. The molecule has 0 saturated carbocycles. The SMILES string of the molecule is COCc1nc2c(F)cc(Br)cc2o1. The Labute approximate surface area is 88.0 Å². The molecule has 0 aliphatic rings. The van der Waals surface area contributed by atoms with E-state index in [1.807, 2.05) is 0 Å². The average molecular weight is 260 g/mol. The first-order chi connectivity index (χ1) is 6.70. The number of oxazole rings is 1. The summed E-state index contributed by atoms with van der Waals surface area (Å²) in [5, 5.41) is 0. The zero-order valence-corrected chi connectivity index (χ0v) is 8.97. The fourth-order valence-electron chi connectivity index (χ4n) is 1.19. The van der Waals surface area contributed by atoms with E-state index in [9.17, 15) is 4.39 Å². The van der Waals surface area contributed by atoms with Gasteiger partial charge in [-0.2, -0.15) is 0 Å². The zero-order valence-electron chi connectivity index (χ0n) is 7.38. The standard InChI is InChI=1S/C9H7BrFNO2/c1-13-4-8-12-9-6(11)2-5(10)3-7(9)14-8/h2-3H,4H2,1H3. The van der Waals surface area contributed by atoms with Crippen LogP contribution in [0.5, 0.6) is 0 Å². The van der Waals surface area contributed by atoms with Gasteiger partial charge in [0.1, 0.15) is 12.1 Å². The minimum atomic E-state index is -0.402. The molecule has 0 N–H and O–H groups in total. The second-order valence-electron chi connectivity index (χ2n) is 2.77. The number of hydrogen-bond donors (Lipinski definition) is 0. The van der Waals surface area contributed by atoms with Gasteiger partial charge in [0.05, 0.1) is 0 Å². The molecule has 0 spiro atoms. The summed E-state index contributed by atoms with van der Waals surface area (Å²) in [4.78, 5) is 3.96. The van der Waals surface area contributed by atoms with Crippen molar-refractivity contribution >= 4 is 27.0 Å². The molecule has 0 amide bonds. The van der Waals surface area contributed by atoms with Gasteiger partial charge >= 0.3 is 0 Å². The molecule has 14 heavy (non-hydrogen) atoms. The summed E-state index contributed by atoms with van der Waals surface area (Å²) < 4.78 is 24.0. The highest BCUT2D eigenvalue weighted by atomic mass is 79.9. The molecule has 0 atom stereocenters. The molecule has 1 aromatic carbocycles. The second kappa shape index (κ2) is 3.67. The number of halogens is 2. The Hall–Kier alpha value is -0.940. The number of methoxy groups -OCH3 is 1. The third kappa shape index (κ3) is 1.65. The number of hydrogen-bond acceptors (Lipinski definition) is 3. The van der Waals surface area contributed by atoms with E-state index in [2.05, 4.69) is 20.9 Å². The summed E-state index contributed by atoms with van der Waals surface area (Å²) in [6.07, 6.45) is 0. The highest BCUT2D eigenvalue weighted by molar-refractivity contribution is 9.10. The molecule has 1 aromatic heterocycles. The summed E-state index contributed by atoms with van der Waals surface area (Å²) in [6.45, 7) is 0.242. The van der Waals surface area contributed by atoms with Gasteiger partial charge in [0, 0.05) is 11.6 Å². The van der Waals surface area contributed by atoms with E-state index in [4.69, 9.17) is 9.15 Å². The van der Waals surface area contributed by atoms with Crippen molar-refractivity contribution in [3.05, 3.63) is 28.3 Å². The minimum absolute atomic E-state index is 0.236. The van der Waals surface area contributed by atoms with E-state index >= 15 is 0 Å². The molecule has 2 rings (SSSR count). The van der Waals surface area contributed by atoms with E-state index in [-0.39, 0.29) is 12.1 Å². The summed E-state index contributed by atoms with van der Waals surface area (Å²) in [6, 6.07) is 3.02. The van der Waals surface area contributed by atoms with Gasteiger partial charge in [-0.1, -0.05) is 15.9 Å². The Bertz CT molecular complexity index is 469. The predicted molar refractivity (Wildman–Crippen MR) is 52.4 cm³/mol. The van der Waals surface area contributed by atoms with E-state index in [0.717, 1.165) is 0 Å². The van der Waals surface area contributed by atoms with Gasteiger partial charge in [-0.15, -0.1) is 0 Å². The van der Waals surface area contributed by atoms with E-state index in [1.54, 1.807) is 6.07 Å². The van der Waals surface area contributed by atoms with Crippen LogP contribution in [0.25, 0.3) is 11.1 Å². The van der Waals surface area contributed by atoms with Crippen molar-refractivity contribution in [1.29, 1.82) is 0 Å². The zero-order chi connectivity index (χ0) is 10.1. The van der Waals surface area contributed by atoms with E-state index < -0.39 is 5.82 Å². The molecule has 0 aliphatic heterocycles. The molecule has 0 radical (unpaired) electrons. The molecule has 0 fully saturated rings. The number of fused-ring (bicyclic) bond motifs is 1. The molecule has 5 heteroatoms. The maximum absolute atomic E-state index is 13.3. The van der Waals surface area contributed by atoms with Crippen LogP contribution >= 0.6 is 15.9 Å². The van der Waals surface area contributed by atoms with Crippen LogP contribution in [0.1, 0.15) is 5.89 Å². The van der Waals surface area contributed by atoms with Crippen molar-refractivity contribution in [2.75, 3.05) is 7.11 Å². The lowest BCUT2D eigenvalue weighted by atomic mass is 10.3. The Morgan fingerprint density at radius 1 is 1.57 bits per heavy atom. The van der Waals surface area contributed by atoms with Gasteiger partial charge in [-0.05, 0) is 12.1 Å². The summed E-state index contributed by atoms with van der Waals surface area (Å²) in [7, 11) is 1.53. The number of ether oxygens (including phenoxy) is 1. The van der Waals surface area contributed by atoms with Gasteiger partial charge in [0.25, 0.3) is 0 Å². The highest BCUT2D eigenvalue weighted by Gasteiger charge is 2.10. The van der Waals surface area contributed by atoms with Gasteiger partial charge in [0.15, 0.2) is 11.4 Å². The fourth-order valence-corrected chi connectivity index (χ4v) is 1.60.